The molecule has 10 aromatic rings. The van der Waals surface area contributed by atoms with Gasteiger partial charge >= 0.3 is 0 Å². The molecule has 0 radical (unpaired) electrons. The Morgan fingerprint density at radius 1 is 0.322 bits per heavy atom. The lowest BCUT2D eigenvalue weighted by molar-refractivity contribution is 0.793. The van der Waals surface area contributed by atoms with Gasteiger partial charge in [0.1, 0.15) is 0 Å². The predicted molar refractivity (Wildman–Crippen MR) is 245 cm³/mol. The molecule has 1 spiro atoms. The fourth-order valence-electron chi connectivity index (χ4n) is 10.0. The molecule has 0 amide bonds. The Morgan fingerprint density at radius 3 is 1.34 bits per heavy atom. The highest BCUT2D eigenvalue weighted by Crippen LogP contribution is 2.63. The molecule has 0 unspecified atom stereocenters. The van der Waals surface area contributed by atoms with Gasteiger partial charge in [-0.05, 0) is 133 Å². The molecular weight excluding hydrogens is 713 g/mol. The number of nitrogens with zero attached hydrogens (tertiary/aromatic N) is 2. The minimum atomic E-state index is -0.416. The first kappa shape index (κ1) is 33.5. The molecule has 276 valence electrons. The van der Waals surface area contributed by atoms with Crippen LogP contribution >= 0.6 is 0 Å². The fraction of sp³-hybridized carbons (Fsp3) is 0.0175. The first-order valence-corrected chi connectivity index (χ1v) is 20.4. The molecule has 0 atom stereocenters. The van der Waals surface area contributed by atoms with Gasteiger partial charge in [0.05, 0.1) is 10.9 Å². The van der Waals surface area contributed by atoms with E-state index in [-0.39, 0.29) is 0 Å². The second-order valence-corrected chi connectivity index (χ2v) is 15.7. The van der Waals surface area contributed by atoms with Crippen molar-refractivity contribution in [3.05, 3.63) is 253 Å². The molecule has 2 heteroatoms. The van der Waals surface area contributed by atoms with Gasteiger partial charge in [-0.3, -0.25) is 0 Å². The topological polar surface area (TPSA) is 8.17 Å². The van der Waals surface area contributed by atoms with Gasteiger partial charge in [0.2, 0.25) is 0 Å². The van der Waals surface area contributed by atoms with Crippen molar-refractivity contribution in [3.8, 4) is 50.2 Å². The van der Waals surface area contributed by atoms with Crippen LogP contribution in [0, 0.1) is 0 Å². The predicted octanol–water partition coefficient (Wildman–Crippen LogP) is 14.8. The van der Waals surface area contributed by atoms with Gasteiger partial charge < -0.3 is 9.47 Å². The summed E-state index contributed by atoms with van der Waals surface area (Å²) in [5, 5.41) is 1.24. The van der Waals surface area contributed by atoms with E-state index in [1.165, 1.54) is 77.7 Å². The molecule has 0 aliphatic heterocycles. The second kappa shape index (κ2) is 13.2. The summed E-state index contributed by atoms with van der Waals surface area (Å²) in [6.07, 6.45) is 2.15. The van der Waals surface area contributed by atoms with Crippen molar-refractivity contribution < 1.29 is 0 Å². The van der Waals surface area contributed by atoms with E-state index in [2.05, 4.69) is 240 Å². The van der Waals surface area contributed by atoms with E-state index in [0.29, 0.717) is 0 Å². The number of hydrogen-bond donors (Lipinski definition) is 0. The minimum absolute atomic E-state index is 0.416. The van der Waals surface area contributed by atoms with E-state index >= 15 is 0 Å². The average Bonchev–Trinajstić information content (AvgIpc) is 3.97. The van der Waals surface area contributed by atoms with Gasteiger partial charge in [0, 0.05) is 28.9 Å². The van der Waals surface area contributed by atoms with Crippen LogP contribution in [0.3, 0.4) is 0 Å². The molecule has 0 saturated heterocycles. The summed E-state index contributed by atoms with van der Waals surface area (Å²) in [6, 6.07) is 82.5. The average molecular weight is 751 g/mol. The molecule has 12 rings (SSSR count). The van der Waals surface area contributed by atoms with Crippen LogP contribution in [-0.4, -0.2) is 4.57 Å². The number of para-hydroxylation sites is 1. The highest BCUT2D eigenvalue weighted by molar-refractivity contribution is 5.96. The van der Waals surface area contributed by atoms with E-state index in [9.17, 15) is 0 Å². The summed E-state index contributed by atoms with van der Waals surface area (Å²) in [6.45, 7) is 0. The lowest BCUT2D eigenvalue weighted by Crippen LogP contribution is -2.26. The Kier molecular flexibility index (Phi) is 7.48. The third kappa shape index (κ3) is 5.06. The van der Waals surface area contributed by atoms with Crippen molar-refractivity contribution in [1.82, 2.24) is 4.57 Å². The van der Waals surface area contributed by atoms with Crippen molar-refractivity contribution in [2.45, 2.75) is 5.41 Å². The minimum Gasteiger partial charge on any atom is -0.317 e. The number of fused-ring (bicyclic) bond motifs is 11. The van der Waals surface area contributed by atoms with Crippen LogP contribution in [0.15, 0.2) is 231 Å². The van der Waals surface area contributed by atoms with Crippen LogP contribution in [0.1, 0.15) is 22.3 Å². The molecule has 1 heterocycles. The lowest BCUT2D eigenvalue weighted by Gasteiger charge is -2.32. The van der Waals surface area contributed by atoms with Gasteiger partial charge in [0.15, 0.2) is 0 Å². The summed E-state index contributed by atoms with van der Waals surface area (Å²) in [5.74, 6) is 0. The zero-order valence-corrected chi connectivity index (χ0v) is 32.3. The van der Waals surface area contributed by atoms with Crippen molar-refractivity contribution in [3.63, 3.8) is 0 Å². The van der Waals surface area contributed by atoms with Crippen LogP contribution in [0.5, 0.6) is 0 Å². The largest absolute Gasteiger partial charge is 0.317 e. The summed E-state index contributed by atoms with van der Waals surface area (Å²) in [5.41, 5.74) is 20.7. The van der Waals surface area contributed by atoms with Crippen LogP contribution in [0.4, 0.5) is 17.1 Å². The highest BCUT2D eigenvalue weighted by Gasteiger charge is 2.51. The van der Waals surface area contributed by atoms with E-state index < -0.39 is 5.41 Å². The molecule has 9 aromatic carbocycles. The molecular formula is C57H38N2. The van der Waals surface area contributed by atoms with Crippen molar-refractivity contribution in [1.29, 1.82) is 0 Å². The summed E-state index contributed by atoms with van der Waals surface area (Å²) in [7, 11) is 0. The molecule has 0 saturated carbocycles. The maximum Gasteiger partial charge on any atom is 0.0726 e. The van der Waals surface area contributed by atoms with E-state index in [0.717, 1.165) is 22.7 Å². The van der Waals surface area contributed by atoms with Crippen LogP contribution < -0.4 is 4.90 Å². The normalized spacial score (nSPS) is 12.9. The molecule has 0 N–H and O–H groups in total. The summed E-state index contributed by atoms with van der Waals surface area (Å²) >= 11 is 0. The Balaban J connectivity index is 0.990. The molecule has 0 bridgehead atoms. The van der Waals surface area contributed by atoms with Crippen LogP contribution in [0.2, 0.25) is 0 Å². The fourth-order valence-corrected chi connectivity index (χ4v) is 10.0. The number of hydrogen-bond acceptors (Lipinski definition) is 1. The van der Waals surface area contributed by atoms with Gasteiger partial charge in [-0.1, -0.05) is 164 Å². The molecule has 2 aliphatic rings. The van der Waals surface area contributed by atoms with E-state index in [1.807, 2.05) is 0 Å². The summed E-state index contributed by atoms with van der Waals surface area (Å²) < 4.78 is 2.26. The van der Waals surface area contributed by atoms with Gasteiger partial charge in [-0.15, -0.1) is 0 Å². The van der Waals surface area contributed by atoms with E-state index in [1.54, 1.807) is 0 Å². The van der Waals surface area contributed by atoms with E-state index in [4.69, 9.17) is 0 Å². The monoisotopic (exact) mass is 750 g/mol. The van der Waals surface area contributed by atoms with Crippen molar-refractivity contribution in [2.75, 3.05) is 4.90 Å². The number of aromatic nitrogens is 1. The molecule has 59 heavy (non-hydrogen) atoms. The smallest absolute Gasteiger partial charge is 0.0726 e. The third-order valence-electron chi connectivity index (χ3n) is 12.7. The first-order chi connectivity index (χ1) is 29.3. The standard InChI is InChI=1S/C57H38N2/c1-2-12-39(13-3-1)40-24-30-45(31-25-40)59(46-32-26-42(27-33-46)41-22-28-44(29-23-41)58-37-36-43-14-4-11-21-56(43)58)47-34-35-51-50-17-7-10-20-54(50)57(55(51)38-47)52-18-8-5-15-48(52)49-16-6-9-19-53(49)57/h1-38H. The SMILES string of the molecule is c1ccc(-c2ccc(N(c3ccc(-c4ccc(-n5ccc6ccccc65)cc4)cc3)c3ccc4c(c3)C3(c5ccccc5-c5ccccc53)c3ccccc3-4)cc2)cc1. The Labute approximate surface area is 344 Å². The lowest BCUT2D eigenvalue weighted by atomic mass is 9.70. The van der Waals surface area contributed by atoms with Gasteiger partial charge in [-0.2, -0.15) is 0 Å². The van der Waals surface area contributed by atoms with Gasteiger partial charge in [-0.25, -0.2) is 0 Å². The number of anilines is 3. The maximum absolute atomic E-state index is 2.47. The van der Waals surface area contributed by atoms with Crippen LogP contribution in [0.25, 0.3) is 61.1 Å². The Morgan fingerprint density at radius 2 is 0.763 bits per heavy atom. The molecule has 2 nitrogen and oxygen atoms in total. The third-order valence-corrected chi connectivity index (χ3v) is 12.7. The van der Waals surface area contributed by atoms with Crippen LogP contribution in [-0.2, 0) is 5.41 Å². The first-order valence-electron chi connectivity index (χ1n) is 20.4. The zero-order valence-electron chi connectivity index (χ0n) is 32.3. The summed E-state index contributed by atoms with van der Waals surface area (Å²) in [4.78, 5) is 2.42. The number of benzene rings is 9. The molecule has 2 aliphatic carbocycles. The van der Waals surface area contributed by atoms with Gasteiger partial charge in [0.25, 0.3) is 0 Å². The maximum atomic E-state index is 2.47. The second-order valence-electron chi connectivity index (χ2n) is 15.7. The highest BCUT2D eigenvalue weighted by atomic mass is 15.1. The molecule has 0 fully saturated rings. The quantitative estimate of drug-likeness (QED) is 0.164. The van der Waals surface area contributed by atoms with Crippen molar-refractivity contribution in [2.24, 2.45) is 0 Å². The van der Waals surface area contributed by atoms with Crippen molar-refractivity contribution >= 4 is 28.0 Å². The molecule has 1 aromatic heterocycles. The Hall–Kier alpha value is -7.68. The Bertz CT molecular complexity index is 3130. The number of rotatable bonds is 6. The zero-order chi connectivity index (χ0) is 38.9.